The average molecular weight is 384 g/mol. The highest BCUT2D eigenvalue weighted by Crippen LogP contribution is 2.21. The molecule has 1 heterocycles. The van der Waals surface area contributed by atoms with Crippen LogP contribution in [0.5, 0.6) is 5.75 Å². The highest BCUT2D eigenvalue weighted by molar-refractivity contribution is 7.86. The van der Waals surface area contributed by atoms with Crippen molar-refractivity contribution < 1.29 is 17.9 Å². The third kappa shape index (κ3) is 5.43. The van der Waals surface area contributed by atoms with Crippen molar-refractivity contribution in [3.8, 4) is 5.75 Å². The highest BCUT2D eigenvalue weighted by atomic mass is 32.2. The van der Waals surface area contributed by atoms with Gasteiger partial charge < -0.3 is 10.1 Å². The van der Waals surface area contributed by atoms with E-state index in [4.69, 9.17) is 4.74 Å². The molecular weight excluding hydrogens is 354 g/mol. The first kappa shape index (κ1) is 20.7. The fraction of sp³-hybridized carbons (Fsp3) is 0.611. The van der Waals surface area contributed by atoms with Gasteiger partial charge in [0, 0.05) is 39.3 Å². The summed E-state index contributed by atoms with van der Waals surface area (Å²) in [6.45, 7) is 5.63. The Morgan fingerprint density at radius 3 is 2.31 bits per heavy atom. The van der Waals surface area contributed by atoms with E-state index in [9.17, 15) is 13.2 Å². The number of carbonyl (C=O) groups is 1. The average Bonchev–Trinajstić information content (AvgIpc) is 2.60. The van der Waals surface area contributed by atoms with Crippen LogP contribution < -0.4 is 10.1 Å². The first-order valence-corrected chi connectivity index (χ1v) is 10.3. The van der Waals surface area contributed by atoms with E-state index in [2.05, 4.69) is 5.32 Å². The Labute approximate surface area is 156 Å². The van der Waals surface area contributed by atoms with Crippen molar-refractivity contribution in [1.29, 1.82) is 0 Å². The topological polar surface area (TPSA) is 79.0 Å². The number of hydrogen-bond acceptors (Lipinski definition) is 4. The maximum Gasteiger partial charge on any atom is 0.281 e. The summed E-state index contributed by atoms with van der Waals surface area (Å²) < 4.78 is 32.9. The van der Waals surface area contributed by atoms with Crippen LogP contribution in [0.25, 0.3) is 0 Å². The molecule has 0 bridgehead atoms. The number of ether oxygens (including phenoxy) is 1. The molecule has 0 aliphatic carbocycles. The Kier molecular flexibility index (Phi) is 7.02. The van der Waals surface area contributed by atoms with E-state index in [1.54, 1.807) is 24.3 Å². The molecule has 1 aromatic rings. The molecule has 0 radical (unpaired) electrons. The predicted octanol–water partition coefficient (Wildman–Crippen LogP) is 1.72. The zero-order chi connectivity index (χ0) is 19.3. The summed E-state index contributed by atoms with van der Waals surface area (Å²) in [5.74, 6) is 1.01. The van der Waals surface area contributed by atoms with E-state index in [1.165, 1.54) is 22.7 Å². The van der Waals surface area contributed by atoms with Gasteiger partial charge in [-0.05, 0) is 43.0 Å². The van der Waals surface area contributed by atoms with Crippen LogP contribution in [0.1, 0.15) is 37.0 Å². The number of nitrogens with zero attached hydrogens (tertiary/aromatic N) is 2. The zero-order valence-electron chi connectivity index (χ0n) is 15.9. The minimum absolute atomic E-state index is 0.0239. The lowest BCUT2D eigenvalue weighted by Gasteiger charge is -2.32. The van der Waals surface area contributed by atoms with E-state index >= 15 is 0 Å². The van der Waals surface area contributed by atoms with E-state index in [0.717, 1.165) is 0 Å². The number of benzene rings is 1. The highest BCUT2D eigenvalue weighted by Gasteiger charge is 2.30. The minimum atomic E-state index is -3.36. The minimum Gasteiger partial charge on any atom is -0.490 e. The van der Waals surface area contributed by atoms with Crippen LogP contribution in [0.15, 0.2) is 24.3 Å². The maximum absolute atomic E-state index is 12.1. The van der Waals surface area contributed by atoms with Crippen LogP contribution in [-0.2, 0) is 10.2 Å². The molecule has 7 nitrogen and oxygen atoms in total. The molecule has 1 fully saturated rings. The number of nitrogens with one attached hydrogen (secondary N) is 1. The summed E-state index contributed by atoms with van der Waals surface area (Å²) in [5.41, 5.74) is 0.602. The summed E-state index contributed by atoms with van der Waals surface area (Å²) in [6.07, 6.45) is 1.26. The molecule has 1 saturated heterocycles. The molecular formula is C18H29N3O4S. The van der Waals surface area contributed by atoms with Gasteiger partial charge >= 0.3 is 0 Å². The molecule has 2 rings (SSSR count). The first-order chi connectivity index (χ1) is 12.2. The van der Waals surface area contributed by atoms with Crippen molar-refractivity contribution in [3.05, 3.63) is 29.8 Å². The van der Waals surface area contributed by atoms with Gasteiger partial charge in [0.15, 0.2) is 0 Å². The monoisotopic (exact) mass is 383 g/mol. The van der Waals surface area contributed by atoms with Crippen molar-refractivity contribution >= 4 is 16.1 Å². The van der Waals surface area contributed by atoms with Gasteiger partial charge in [0.25, 0.3) is 16.1 Å². The third-order valence-electron chi connectivity index (χ3n) is 4.28. The van der Waals surface area contributed by atoms with Gasteiger partial charge in [-0.2, -0.15) is 17.0 Å². The van der Waals surface area contributed by atoms with Gasteiger partial charge in [-0.3, -0.25) is 4.79 Å². The first-order valence-electron chi connectivity index (χ1n) is 8.92. The third-order valence-corrected chi connectivity index (χ3v) is 6.22. The molecule has 8 heteroatoms. The second-order valence-electron chi connectivity index (χ2n) is 7.13. The van der Waals surface area contributed by atoms with Crippen LogP contribution in [0.3, 0.4) is 0 Å². The van der Waals surface area contributed by atoms with Gasteiger partial charge in [0.1, 0.15) is 11.9 Å². The SMILES string of the molecule is CC(C)CNC(=O)c1ccc(OC2CCN(S(=O)(=O)N(C)C)CC2)cc1. The lowest BCUT2D eigenvalue weighted by molar-refractivity contribution is 0.0949. The second-order valence-corrected chi connectivity index (χ2v) is 9.28. The Morgan fingerprint density at radius 1 is 1.23 bits per heavy atom. The summed E-state index contributed by atoms with van der Waals surface area (Å²) in [6, 6.07) is 7.06. The summed E-state index contributed by atoms with van der Waals surface area (Å²) in [7, 11) is -0.279. The Morgan fingerprint density at radius 2 is 1.81 bits per heavy atom. The Balaban J connectivity index is 1.86. The largest absolute Gasteiger partial charge is 0.490 e. The summed E-state index contributed by atoms with van der Waals surface area (Å²) in [4.78, 5) is 12.0. The van der Waals surface area contributed by atoms with Crippen LogP contribution in [0, 0.1) is 5.92 Å². The van der Waals surface area contributed by atoms with Gasteiger partial charge in [0.05, 0.1) is 0 Å². The molecule has 0 unspecified atom stereocenters. The van der Waals surface area contributed by atoms with Crippen LogP contribution in [-0.4, -0.2) is 62.8 Å². The molecule has 146 valence electrons. The molecule has 0 saturated carbocycles. The molecule has 1 aliphatic heterocycles. The zero-order valence-corrected chi connectivity index (χ0v) is 16.8. The number of piperidine rings is 1. The number of amides is 1. The predicted molar refractivity (Wildman–Crippen MR) is 101 cm³/mol. The lowest BCUT2D eigenvalue weighted by Crippen LogP contribution is -2.46. The lowest BCUT2D eigenvalue weighted by atomic mass is 10.1. The number of carbonyl (C=O) groups excluding carboxylic acids is 1. The molecule has 0 spiro atoms. The van der Waals surface area contributed by atoms with Crippen molar-refractivity contribution in [2.75, 3.05) is 33.7 Å². The molecule has 1 aliphatic rings. The fourth-order valence-electron chi connectivity index (χ4n) is 2.69. The van der Waals surface area contributed by atoms with Gasteiger partial charge in [-0.25, -0.2) is 0 Å². The van der Waals surface area contributed by atoms with E-state index in [1.807, 2.05) is 13.8 Å². The summed E-state index contributed by atoms with van der Waals surface area (Å²) in [5, 5.41) is 2.88. The molecule has 1 amide bonds. The smallest absolute Gasteiger partial charge is 0.281 e. The maximum atomic E-state index is 12.1. The van der Waals surface area contributed by atoms with Crippen molar-refractivity contribution in [2.45, 2.75) is 32.8 Å². The Hall–Kier alpha value is -1.64. The van der Waals surface area contributed by atoms with E-state index in [-0.39, 0.29) is 12.0 Å². The Bertz CT molecular complexity index is 694. The number of hydrogen-bond donors (Lipinski definition) is 1. The van der Waals surface area contributed by atoms with Crippen molar-refractivity contribution in [3.63, 3.8) is 0 Å². The molecule has 0 aromatic heterocycles. The van der Waals surface area contributed by atoms with Gasteiger partial charge in [-0.1, -0.05) is 13.8 Å². The van der Waals surface area contributed by atoms with Crippen LogP contribution >= 0.6 is 0 Å². The molecule has 0 atom stereocenters. The number of rotatable bonds is 7. The van der Waals surface area contributed by atoms with Crippen molar-refractivity contribution in [2.24, 2.45) is 5.92 Å². The van der Waals surface area contributed by atoms with E-state index in [0.29, 0.717) is 49.7 Å². The summed E-state index contributed by atoms with van der Waals surface area (Å²) >= 11 is 0. The standard InChI is InChI=1S/C18H29N3O4S/c1-14(2)13-19-18(22)15-5-7-16(8-6-15)25-17-9-11-21(12-10-17)26(23,24)20(3)4/h5-8,14,17H,9-13H2,1-4H3,(H,19,22). The van der Waals surface area contributed by atoms with Crippen LogP contribution in [0.4, 0.5) is 0 Å². The van der Waals surface area contributed by atoms with Gasteiger partial charge in [0.2, 0.25) is 0 Å². The second kappa shape index (κ2) is 8.83. The van der Waals surface area contributed by atoms with Gasteiger partial charge in [-0.15, -0.1) is 0 Å². The molecule has 1 N–H and O–H groups in total. The van der Waals surface area contributed by atoms with Crippen LogP contribution in [0.2, 0.25) is 0 Å². The van der Waals surface area contributed by atoms with E-state index < -0.39 is 10.2 Å². The fourth-order valence-corrected chi connectivity index (χ4v) is 3.82. The van der Waals surface area contributed by atoms with Crippen molar-refractivity contribution in [1.82, 2.24) is 13.9 Å². The normalized spacial score (nSPS) is 16.8. The molecule has 26 heavy (non-hydrogen) atoms. The molecule has 1 aromatic carbocycles. The quantitative estimate of drug-likeness (QED) is 0.778.